The van der Waals surface area contributed by atoms with Crippen LogP contribution in [0.2, 0.25) is 0 Å². The molecule has 0 spiro atoms. The number of carbonyl (C=O) groups excluding carboxylic acids is 1. The molecule has 2 rings (SSSR count). The van der Waals surface area contributed by atoms with E-state index in [1.807, 2.05) is 6.92 Å². The van der Waals surface area contributed by atoms with Crippen LogP contribution in [0.4, 0.5) is 10.1 Å². The van der Waals surface area contributed by atoms with Crippen molar-refractivity contribution < 1.29 is 22.3 Å². The standard InChI is InChI=1S/C20H25FN2O4S/c1-3-27-19-12-10-18(11-13-19)23(28(2,25)26)14-4-5-20(24)22-15-16-6-8-17(21)9-7-16/h6-13H,3-5,14-15H2,1-2H3,(H,22,24). The van der Waals surface area contributed by atoms with Crippen molar-refractivity contribution in [2.75, 3.05) is 23.7 Å². The van der Waals surface area contributed by atoms with Gasteiger partial charge in [0.25, 0.3) is 0 Å². The molecule has 0 aliphatic heterocycles. The average Bonchev–Trinajstić information content (AvgIpc) is 2.65. The number of hydrogen-bond donors (Lipinski definition) is 1. The van der Waals surface area contributed by atoms with Gasteiger partial charge in [-0.15, -0.1) is 0 Å². The van der Waals surface area contributed by atoms with Gasteiger partial charge in [0.1, 0.15) is 11.6 Å². The lowest BCUT2D eigenvalue weighted by Crippen LogP contribution is -2.32. The van der Waals surface area contributed by atoms with Crippen molar-refractivity contribution in [1.82, 2.24) is 5.32 Å². The van der Waals surface area contributed by atoms with Crippen LogP contribution < -0.4 is 14.4 Å². The first-order valence-corrected chi connectivity index (χ1v) is 10.9. The minimum Gasteiger partial charge on any atom is -0.494 e. The highest BCUT2D eigenvalue weighted by Gasteiger charge is 2.17. The minimum absolute atomic E-state index is 0.185. The van der Waals surface area contributed by atoms with Crippen LogP contribution in [0, 0.1) is 5.82 Å². The number of halogens is 1. The molecule has 0 bridgehead atoms. The molecule has 0 aliphatic carbocycles. The molecule has 1 N–H and O–H groups in total. The predicted octanol–water partition coefficient (Wildman–Crippen LogP) is 3.09. The largest absolute Gasteiger partial charge is 0.494 e. The quantitative estimate of drug-likeness (QED) is 0.656. The van der Waals surface area contributed by atoms with E-state index in [1.165, 1.54) is 16.4 Å². The Balaban J connectivity index is 1.87. The van der Waals surface area contributed by atoms with Gasteiger partial charge in [-0.05, 0) is 55.3 Å². The first kappa shape index (κ1) is 21.7. The van der Waals surface area contributed by atoms with Gasteiger partial charge in [0, 0.05) is 19.5 Å². The number of nitrogens with zero attached hydrogens (tertiary/aromatic N) is 1. The van der Waals surface area contributed by atoms with Gasteiger partial charge in [0.15, 0.2) is 0 Å². The summed E-state index contributed by atoms with van der Waals surface area (Å²) in [5.74, 6) is 0.148. The van der Waals surface area contributed by atoms with Gasteiger partial charge in [0.2, 0.25) is 15.9 Å². The zero-order valence-corrected chi connectivity index (χ0v) is 16.8. The van der Waals surface area contributed by atoms with Crippen LogP contribution in [-0.4, -0.2) is 33.7 Å². The van der Waals surface area contributed by atoms with Gasteiger partial charge in [-0.1, -0.05) is 12.1 Å². The molecule has 6 nitrogen and oxygen atoms in total. The van der Waals surface area contributed by atoms with Crippen molar-refractivity contribution in [3.63, 3.8) is 0 Å². The van der Waals surface area contributed by atoms with Gasteiger partial charge in [-0.3, -0.25) is 9.10 Å². The molecule has 0 saturated carbocycles. The van der Waals surface area contributed by atoms with Crippen LogP contribution in [0.3, 0.4) is 0 Å². The van der Waals surface area contributed by atoms with Crippen molar-refractivity contribution in [2.24, 2.45) is 0 Å². The first-order valence-electron chi connectivity index (χ1n) is 9.01. The van der Waals surface area contributed by atoms with E-state index >= 15 is 0 Å². The molecule has 0 fully saturated rings. The molecular weight excluding hydrogens is 383 g/mol. The molecule has 0 heterocycles. The van der Waals surface area contributed by atoms with E-state index in [0.29, 0.717) is 31.0 Å². The Hall–Kier alpha value is -2.61. The highest BCUT2D eigenvalue weighted by molar-refractivity contribution is 7.92. The molecule has 0 atom stereocenters. The van der Waals surface area contributed by atoms with Crippen molar-refractivity contribution >= 4 is 21.6 Å². The lowest BCUT2D eigenvalue weighted by Gasteiger charge is -2.22. The number of ether oxygens (including phenoxy) is 1. The number of nitrogens with one attached hydrogen (secondary N) is 1. The molecule has 0 aromatic heterocycles. The maximum Gasteiger partial charge on any atom is 0.232 e. The Morgan fingerprint density at radius 2 is 1.75 bits per heavy atom. The summed E-state index contributed by atoms with van der Waals surface area (Å²) in [6.07, 6.45) is 1.69. The van der Waals surface area contributed by atoms with Crippen molar-refractivity contribution in [3.05, 3.63) is 59.9 Å². The Labute approximate surface area is 165 Å². The lowest BCUT2D eigenvalue weighted by molar-refractivity contribution is -0.121. The SMILES string of the molecule is CCOc1ccc(N(CCCC(=O)NCc2ccc(F)cc2)S(C)(=O)=O)cc1. The van der Waals surface area contributed by atoms with Crippen LogP contribution in [0.25, 0.3) is 0 Å². The fourth-order valence-corrected chi connectivity index (χ4v) is 3.60. The van der Waals surface area contributed by atoms with Crippen LogP contribution in [0.15, 0.2) is 48.5 Å². The fraction of sp³-hybridized carbons (Fsp3) is 0.350. The molecular formula is C20H25FN2O4S. The third-order valence-electron chi connectivity index (χ3n) is 4.00. The van der Waals surface area contributed by atoms with Crippen molar-refractivity contribution in [2.45, 2.75) is 26.3 Å². The molecule has 0 unspecified atom stereocenters. The number of carbonyl (C=O) groups is 1. The van der Waals surface area contributed by atoms with Crippen LogP contribution in [0.1, 0.15) is 25.3 Å². The second kappa shape index (κ2) is 10.1. The lowest BCUT2D eigenvalue weighted by atomic mass is 10.2. The van der Waals surface area contributed by atoms with Crippen molar-refractivity contribution in [1.29, 1.82) is 0 Å². The van der Waals surface area contributed by atoms with Gasteiger partial charge >= 0.3 is 0 Å². The number of rotatable bonds is 10. The van der Waals surface area contributed by atoms with Crippen LogP contribution in [0.5, 0.6) is 5.75 Å². The molecule has 2 aromatic rings. The van der Waals surface area contributed by atoms with E-state index in [1.54, 1.807) is 36.4 Å². The number of benzene rings is 2. The smallest absolute Gasteiger partial charge is 0.232 e. The second-order valence-corrected chi connectivity index (χ2v) is 8.18. The highest BCUT2D eigenvalue weighted by Crippen LogP contribution is 2.22. The van der Waals surface area contributed by atoms with E-state index in [0.717, 1.165) is 11.8 Å². The van der Waals surface area contributed by atoms with Gasteiger partial charge in [-0.25, -0.2) is 12.8 Å². The normalized spacial score (nSPS) is 11.1. The number of amides is 1. The Kier molecular flexibility index (Phi) is 7.80. The van der Waals surface area contributed by atoms with E-state index in [4.69, 9.17) is 4.74 Å². The third-order valence-corrected chi connectivity index (χ3v) is 5.20. The summed E-state index contributed by atoms with van der Waals surface area (Å²) in [4.78, 5) is 12.0. The molecule has 8 heteroatoms. The van der Waals surface area contributed by atoms with Gasteiger partial charge in [-0.2, -0.15) is 0 Å². The molecule has 0 saturated heterocycles. The number of hydrogen-bond acceptors (Lipinski definition) is 4. The summed E-state index contributed by atoms with van der Waals surface area (Å²) in [5.41, 5.74) is 1.32. The number of sulfonamides is 1. The highest BCUT2D eigenvalue weighted by atomic mass is 32.2. The fourth-order valence-electron chi connectivity index (χ4n) is 2.64. The topological polar surface area (TPSA) is 75.7 Å². The van der Waals surface area contributed by atoms with E-state index in [2.05, 4.69) is 5.32 Å². The van der Waals surface area contributed by atoms with Crippen LogP contribution >= 0.6 is 0 Å². The van der Waals surface area contributed by atoms with E-state index in [9.17, 15) is 17.6 Å². The van der Waals surface area contributed by atoms with Crippen molar-refractivity contribution in [3.8, 4) is 5.75 Å². The van der Waals surface area contributed by atoms with Crippen LogP contribution in [-0.2, 0) is 21.4 Å². The zero-order valence-electron chi connectivity index (χ0n) is 16.0. The summed E-state index contributed by atoms with van der Waals surface area (Å²) < 4.78 is 43.8. The molecule has 0 radical (unpaired) electrons. The third kappa shape index (κ3) is 6.84. The molecule has 2 aromatic carbocycles. The monoisotopic (exact) mass is 408 g/mol. The summed E-state index contributed by atoms with van der Waals surface area (Å²) in [5, 5.41) is 2.75. The molecule has 152 valence electrons. The summed E-state index contributed by atoms with van der Waals surface area (Å²) in [6.45, 7) is 2.89. The number of anilines is 1. The Morgan fingerprint density at radius 1 is 1.11 bits per heavy atom. The maximum atomic E-state index is 12.9. The maximum absolute atomic E-state index is 12.9. The van der Waals surface area contributed by atoms with E-state index in [-0.39, 0.29) is 24.7 Å². The first-order chi connectivity index (χ1) is 13.3. The minimum atomic E-state index is -3.48. The second-order valence-electron chi connectivity index (χ2n) is 6.27. The Morgan fingerprint density at radius 3 is 2.32 bits per heavy atom. The Bertz CT molecular complexity index is 868. The summed E-state index contributed by atoms with van der Waals surface area (Å²) in [7, 11) is -3.48. The predicted molar refractivity (Wildman–Crippen MR) is 107 cm³/mol. The molecule has 28 heavy (non-hydrogen) atoms. The van der Waals surface area contributed by atoms with Gasteiger partial charge < -0.3 is 10.1 Å². The van der Waals surface area contributed by atoms with Gasteiger partial charge in [0.05, 0.1) is 18.6 Å². The molecule has 1 amide bonds. The van der Waals surface area contributed by atoms with E-state index < -0.39 is 10.0 Å². The summed E-state index contributed by atoms with van der Waals surface area (Å²) in [6, 6.07) is 12.7. The molecule has 0 aliphatic rings. The summed E-state index contributed by atoms with van der Waals surface area (Å²) >= 11 is 0. The zero-order chi connectivity index (χ0) is 20.6. The average molecular weight is 408 g/mol.